The Bertz CT molecular complexity index is 350. The first-order valence-electron chi connectivity index (χ1n) is 6.37. The molecule has 0 aromatic rings. The van der Waals surface area contributed by atoms with Gasteiger partial charge in [-0.15, -0.1) is 0 Å². The molecule has 102 valence electrons. The van der Waals surface area contributed by atoms with Crippen molar-refractivity contribution in [2.45, 2.75) is 44.0 Å². The van der Waals surface area contributed by atoms with Crippen LogP contribution in [0.2, 0.25) is 0 Å². The Balaban J connectivity index is 1.87. The number of carboxylic acid groups (broad SMARTS) is 1. The van der Waals surface area contributed by atoms with Crippen LogP contribution in [0, 0.1) is 11.8 Å². The molecular formula is C12H20N2O3S. The molecular weight excluding hydrogens is 252 g/mol. The Morgan fingerprint density at radius 3 is 2.89 bits per heavy atom. The van der Waals surface area contributed by atoms with Gasteiger partial charge >= 0.3 is 12.0 Å². The van der Waals surface area contributed by atoms with Crippen molar-refractivity contribution in [1.29, 1.82) is 0 Å². The lowest BCUT2D eigenvalue weighted by Gasteiger charge is -2.25. The van der Waals surface area contributed by atoms with Gasteiger partial charge in [0.2, 0.25) is 0 Å². The molecule has 2 aliphatic heterocycles. The zero-order valence-corrected chi connectivity index (χ0v) is 11.5. The number of carboxylic acids is 1. The molecule has 3 N–H and O–H groups in total. The molecule has 6 heteroatoms. The molecule has 0 radical (unpaired) electrons. The number of carbonyl (C=O) groups is 2. The molecule has 2 saturated heterocycles. The highest BCUT2D eigenvalue weighted by Gasteiger charge is 2.45. The second-order valence-corrected chi connectivity index (χ2v) is 6.68. The lowest BCUT2D eigenvalue weighted by Crippen LogP contribution is -2.40. The van der Waals surface area contributed by atoms with Gasteiger partial charge in [0, 0.05) is 17.4 Å². The Kier molecular flexibility index (Phi) is 4.04. The number of amides is 2. The molecule has 5 nitrogen and oxygen atoms in total. The molecule has 18 heavy (non-hydrogen) atoms. The quantitative estimate of drug-likeness (QED) is 0.659. The molecule has 2 heterocycles. The van der Waals surface area contributed by atoms with Crippen LogP contribution in [0.1, 0.15) is 26.7 Å². The topological polar surface area (TPSA) is 78.4 Å². The normalized spacial score (nSPS) is 33.4. The van der Waals surface area contributed by atoms with E-state index in [1.165, 1.54) is 0 Å². The lowest BCUT2D eigenvalue weighted by atomic mass is 9.88. The van der Waals surface area contributed by atoms with Crippen molar-refractivity contribution in [3.8, 4) is 0 Å². The Hall–Kier alpha value is -0.910. The highest BCUT2D eigenvalue weighted by molar-refractivity contribution is 8.00. The number of urea groups is 1. The third-order valence-corrected chi connectivity index (χ3v) is 5.42. The van der Waals surface area contributed by atoms with E-state index in [4.69, 9.17) is 5.11 Å². The van der Waals surface area contributed by atoms with Gasteiger partial charge in [0.25, 0.3) is 0 Å². The summed E-state index contributed by atoms with van der Waals surface area (Å²) in [6.45, 7) is 4.13. The third-order valence-electron chi connectivity index (χ3n) is 3.73. The maximum absolute atomic E-state index is 11.3. The first-order chi connectivity index (χ1) is 8.47. The van der Waals surface area contributed by atoms with Crippen LogP contribution in [0.5, 0.6) is 0 Å². The monoisotopic (exact) mass is 272 g/mol. The number of thioether (sulfide) groups is 1. The van der Waals surface area contributed by atoms with E-state index in [-0.39, 0.29) is 30.5 Å². The van der Waals surface area contributed by atoms with Crippen molar-refractivity contribution < 1.29 is 14.7 Å². The Labute approximate surface area is 111 Å². The maximum atomic E-state index is 11.3. The van der Waals surface area contributed by atoms with E-state index >= 15 is 0 Å². The van der Waals surface area contributed by atoms with Gasteiger partial charge in [-0.25, -0.2) is 4.79 Å². The molecule has 0 aromatic carbocycles. The van der Waals surface area contributed by atoms with E-state index in [2.05, 4.69) is 17.6 Å². The van der Waals surface area contributed by atoms with Crippen molar-refractivity contribution in [2.24, 2.45) is 11.8 Å². The van der Waals surface area contributed by atoms with Gasteiger partial charge in [0.1, 0.15) is 0 Å². The minimum absolute atomic E-state index is 0.0684. The predicted octanol–water partition coefficient (Wildman–Crippen LogP) is 1.29. The van der Waals surface area contributed by atoms with Crippen LogP contribution < -0.4 is 10.6 Å². The number of nitrogens with one attached hydrogen (secondary N) is 2. The summed E-state index contributed by atoms with van der Waals surface area (Å²) < 4.78 is 0. The van der Waals surface area contributed by atoms with E-state index in [9.17, 15) is 9.59 Å². The van der Waals surface area contributed by atoms with Crippen LogP contribution in [0.3, 0.4) is 0 Å². The average molecular weight is 272 g/mol. The molecule has 0 aromatic heterocycles. The first kappa shape index (κ1) is 13.5. The van der Waals surface area contributed by atoms with Gasteiger partial charge < -0.3 is 15.7 Å². The summed E-state index contributed by atoms with van der Waals surface area (Å²) in [5, 5.41) is 15.1. The number of fused-ring (bicyclic) bond motifs is 1. The fourth-order valence-corrected chi connectivity index (χ4v) is 4.62. The van der Waals surface area contributed by atoms with E-state index in [1.54, 1.807) is 0 Å². The predicted molar refractivity (Wildman–Crippen MR) is 70.7 cm³/mol. The molecule has 0 aliphatic carbocycles. The SMILES string of the molecule is CC(CC(=O)O)CC(C)C1SCC2NC(=O)NC21. The number of hydrogen-bond donors (Lipinski definition) is 3. The molecule has 2 fully saturated rings. The van der Waals surface area contributed by atoms with Crippen molar-refractivity contribution in [1.82, 2.24) is 10.6 Å². The van der Waals surface area contributed by atoms with Crippen LogP contribution >= 0.6 is 11.8 Å². The minimum atomic E-state index is -0.734. The van der Waals surface area contributed by atoms with Gasteiger partial charge in [0.05, 0.1) is 12.1 Å². The standard InChI is InChI=1S/C12H20N2O3S/c1-6(4-9(15)16)3-7(2)11-10-8(5-18-11)13-12(17)14-10/h6-8,10-11H,3-5H2,1-2H3,(H,15,16)(H2,13,14,17). The number of carbonyl (C=O) groups excluding carboxylic acids is 1. The summed E-state index contributed by atoms with van der Waals surface area (Å²) in [6, 6.07) is 0.375. The maximum Gasteiger partial charge on any atom is 0.315 e. The van der Waals surface area contributed by atoms with Gasteiger partial charge in [-0.1, -0.05) is 13.8 Å². The second kappa shape index (κ2) is 5.38. The van der Waals surface area contributed by atoms with Gasteiger partial charge in [-0.2, -0.15) is 11.8 Å². The average Bonchev–Trinajstić information content (AvgIpc) is 2.73. The lowest BCUT2D eigenvalue weighted by molar-refractivity contribution is -0.138. The van der Waals surface area contributed by atoms with Crippen molar-refractivity contribution in [3.63, 3.8) is 0 Å². The number of hydrogen-bond acceptors (Lipinski definition) is 3. The largest absolute Gasteiger partial charge is 0.481 e. The summed E-state index contributed by atoms with van der Waals surface area (Å²) in [7, 11) is 0. The minimum Gasteiger partial charge on any atom is -0.481 e. The van der Waals surface area contributed by atoms with Crippen molar-refractivity contribution >= 4 is 23.8 Å². The molecule has 2 aliphatic rings. The molecule has 5 atom stereocenters. The smallest absolute Gasteiger partial charge is 0.315 e. The highest BCUT2D eigenvalue weighted by Crippen LogP contribution is 2.37. The van der Waals surface area contributed by atoms with Crippen LogP contribution in [0.15, 0.2) is 0 Å². The summed E-state index contributed by atoms with van der Waals surface area (Å²) >= 11 is 1.88. The molecule has 0 spiro atoms. The summed E-state index contributed by atoms with van der Waals surface area (Å²) in [6.07, 6.45) is 1.11. The fourth-order valence-electron chi connectivity index (χ4n) is 3.00. The summed E-state index contributed by atoms with van der Waals surface area (Å²) in [5.41, 5.74) is 0. The first-order valence-corrected chi connectivity index (χ1v) is 7.42. The van der Waals surface area contributed by atoms with Gasteiger partial charge in [-0.05, 0) is 18.3 Å². The zero-order valence-electron chi connectivity index (χ0n) is 10.7. The molecule has 0 bridgehead atoms. The van der Waals surface area contributed by atoms with Crippen LogP contribution in [0.25, 0.3) is 0 Å². The zero-order chi connectivity index (χ0) is 13.3. The van der Waals surface area contributed by atoms with Crippen molar-refractivity contribution in [3.05, 3.63) is 0 Å². The molecule has 0 saturated carbocycles. The Morgan fingerprint density at radius 2 is 2.22 bits per heavy atom. The van der Waals surface area contributed by atoms with E-state index in [1.807, 2.05) is 18.7 Å². The molecule has 2 amide bonds. The van der Waals surface area contributed by atoms with Crippen LogP contribution in [-0.2, 0) is 4.79 Å². The van der Waals surface area contributed by atoms with Crippen molar-refractivity contribution in [2.75, 3.05) is 5.75 Å². The van der Waals surface area contributed by atoms with Gasteiger partial charge in [0.15, 0.2) is 0 Å². The van der Waals surface area contributed by atoms with E-state index in [0.717, 1.165) is 12.2 Å². The van der Waals surface area contributed by atoms with Crippen LogP contribution in [-0.4, -0.2) is 40.2 Å². The number of rotatable bonds is 5. The highest BCUT2D eigenvalue weighted by atomic mass is 32.2. The summed E-state index contributed by atoms with van der Waals surface area (Å²) in [4.78, 5) is 21.9. The Morgan fingerprint density at radius 1 is 1.50 bits per heavy atom. The van der Waals surface area contributed by atoms with E-state index < -0.39 is 5.97 Å². The summed E-state index contributed by atoms with van der Waals surface area (Å²) in [5.74, 6) is 0.815. The molecule has 5 unspecified atom stereocenters. The second-order valence-electron chi connectivity index (χ2n) is 5.46. The van der Waals surface area contributed by atoms with Crippen LogP contribution in [0.4, 0.5) is 4.79 Å². The number of aliphatic carboxylic acids is 1. The third kappa shape index (κ3) is 2.91. The van der Waals surface area contributed by atoms with E-state index in [0.29, 0.717) is 11.2 Å². The fraction of sp³-hybridized carbons (Fsp3) is 0.833. The van der Waals surface area contributed by atoms with Gasteiger partial charge in [-0.3, -0.25) is 4.79 Å². The molecule has 2 rings (SSSR count).